The average molecular weight is 533 g/mol. The first-order valence-electron chi connectivity index (χ1n) is 11.1. The number of hydrogen-bond donors (Lipinski definition) is 1. The van der Waals surface area contributed by atoms with Crippen molar-refractivity contribution in [2.75, 3.05) is 5.32 Å². The zero-order valence-electron chi connectivity index (χ0n) is 19.9. The minimum Gasteiger partial charge on any atom is -0.441 e. The van der Waals surface area contributed by atoms with E-state index in [2.05, 4.69) is 25.1 Å². The Bertz CT molecular complexity index is 1380. The van der Waals surface area contributed by atoms with Crippen molar-refractivity contribution in [1.82, 2.24) is 19.7 Å². The van der Waals surface area contributed by atoms with Crippen LogP contribution in [0.1, 0.15) is 31.2 Å². The Labute approximate surface area is 213 Å². The summed E-state index contributed by atoms with van der Waals surface area (Å²) in [7, 11) is 0. The summed E-state index contributed by atoms with van der Waals surface area (Å²) in [6, 6.07) is 14.4. The van der Waals surface area contributed by atoms with E-state index in [0.717, 1.165) is 12.3 Å². The monoisotopic (exact) mass is 533 g/mol. The summed E-state index contributed by atoms with van der Waals surface area (Å²) in [4.78, 5) is 19.8. The Morgan fingerprint density at radius 2 is 1.63 bits per heavy atom. The van der Waals surface area contributed by atoms with E-state index in [-0.39, 0.29) is 5.75 Å². The molecule has 0 spiro atoms. The number of aromatic nitrogens is 4. The number of carbonyl (C=O) groups excluding carboxylic acids is 1. The highest BCUT2D eigenvalue weighted by Gasteiger charge is 2.32. The molecule has 0 aliphatic rings. The standard InChI is InChI=1S/C25H20F5N5O3/c1-15(17-5-12-21(31-13-17)25(28,29)30)37-23(36)33-18-6-3-16(4-7-18)22-32-14-35(34-22)19-8-10-20(11-9-19)38-24(2,26)27/h3-15H,1-2H3,(H,33,36). The molecular formula is C25H20F5N5O3. The molecule has 0 aliphatic heterocycles. The number of amides is 1. The predicted molar refractivity (Wildman–Crippen MR) is 126 cm³/mol. The largest absolute Gasteiger partial charge is 0.441 e. The molecule has 2 aromatic heterocycles. The molecule has 0 fully saturated rings. The van der Waals surface area contributed by atoms with E-state index in [4.69, 9.17) is 4.74 Å². The zero-order valence-corrected chi connectivity index (χ0v) is 19.9. The summed E-state index contributed by atoms with van der Waals surface area (Å²) in [5.74, 6) is 0.386. The van der Waals surface area contributed by atoms with Crippen LogP contribution in [-0.4, -0.2) is 32.0 Å². The number of anilines is 1. The summed E-state index contributed by atoms with van der Waals surface area (Å²) >= 11 is 0. The molecule has 1 atom stereocenters. The summed E-state index contributed by atoms with van der Waals surface area (Å²) in [5, 5.41) is 6.90. The van der Waals surface area contributed by atoms with Gasteiger partial charge < -0.3 is 9.47 Å². The lowest BCUT2D eigenvalue weighted by atomic mass is 10.2. The van der Waals surface area contributed by atoms with Gasteiger partial charge in [-0.05, 0) is 61.5 Å². The fraction of sp³-hybridized carbons (Fsp3) is 0.200. The number of carbonyl (C=O) groups is 1. The molecule has 1 N–H and O–H groups in total. The number of nitrogens with zero attached hydrogens (tertiary/aromatic N) is 4. The summed E-state index contributed by atoms with van der Waals surface area (Å²) in [5.41, 5.74) is 0.880. The summed E-state index contributed by atoms with van der Waals surface area (Å²) in [6.45, 7) is 2.16. The van der Waals surface area contributed by atoms with Crippen LogP contribution in [0.15, 0.2) is 73.2 Å². The highest BCUT2D eigenvalue weighted by molar-refractivity contribution is 5.85. The molecule has 198 valence electrons. The number of alkyl halides is 5. The quantitative estimate of drug-likeness (QED) is 0.268. The molecule has 4 rings (SSSR count). The molecule has 2 heterocycles. The molecular weight excluding hydrogens is 513 g/mol. The molecule has 2 aromatic carbocycles. The van der Waals surface area contributed by atoms with Gasteiger partial charge in [-0.3, -0.25) is 10.3 Å². The topological polar surface area (TPSA) is 91.2 Å². The van der Waals surface area contributed by atoms with E-state index in [0.29, 0.717) is 35.2 Å². The van der Waals surface area contributed by atoms with Gasteiger partial charge in [-0.2, -0.15) is 22.0 Å². The number of hydrogen-bond acceptors (Lipinski definition) is 6. The van der Waals surface area contributed by atoms with Crippen molar-refractivity contribution in [3.63, 3.8) is 0 Å². The van der Waals surface area contributed by atoms with Crippen molar-refractivity contribution in [1.29, 1.82) is 0 Å². The number of rotatable bonds is 7. The van der Waals surface area contributed by atoms with E-state index < -0.39 is 30.2 Å². The number of nitrogens with one attached hydrogen (secondary N) is 1. The molecule has 0 bridgehead atoms. The SMILES string of the molecule is CC(OC(=O)Nc1ccc(-c2ncn(-c3ccc(OC(C)(F)F)cc3)n2)cc1)c1ccc(C(F)(F)F)nc1. The van der Waals surface area contributed by atoms with E-state index in [9.17, 15) is 26.7 Å². The second kappa shape index (κ2) is 10.4. The lowest BCUT2D eigenvalue weighted by molar-refractivity contribution is -0.159. The Kier molecular flexibility index (Phi) is 7.28. The van der Waals surface area contributed by atoms with E-state index in [1.807, 2.05) is 0 Å². The molecule has 1 amide bonds. The van der Waals surface area contributed by atoms with Crippen LogP contribution in [0.5, 0.6) is 5.75 Å². The van der Waals surface area contributed by atoms with Gasteiger partial charge in [0.2, 0.25) is 0 Å². The van der Waals surface area contributed by atoms with Crippen molar-refractivity contribution in [3.8, 4) is 22.8 Å². The zero-order chi connectivity index (χ0) is 27.5. The molecule has 0 saturated heterocycles. The van der Waals surface area contributed by atoms with Crippen LogP contribution in [0, 0.1) is 0 Å². The van der Waals surface area contributed by atoms with Crippen molar-refractivity contribution in [2.45, 2.75) is 32.2 Å². The fourth-order valence-electron chi connectivity index (χ4n) is 3.29. The Morgan fingerprint density at radius 3 is 2.21 bits per heavy atom. The summed E-state index contributed by atoms with van der Waals surface area (Å²) in [6.07, 6.45) is -7.02. The minimum absolute atomic E-state index is 0.00799. The second-order valence-electron chi connectivity index (χ2n) is 8.14. The van der Waals surface area contributed by atoms with E-state index >= 15 is 0 Å². The van der Waals surface area contributed by atoms with Crippen LogP contribution >= 0.6 is 0 Å². The van der Waals surface area contributed by atoms with Crippen molar-refractivity contribution >= 4 is 11.8 Å². The Morgan fingerprint density at radius 1 is 0.947 bits per heavy atom. The fourth-order valence-corrected chi connectivity index (χ4v) is 3.29. The molecule has 0 aliphatic carbocycles. The van der Waals surface area contributed by atoms with Gasteiger partial charge in [0.25, 0.3) is 0 Å². The first-order chi connectivity index (χ1) is 17.9. The number of benzene rings is 2. The van der Waals surface area contributed by atoms with Gasteiger partial charge in [-0.25, -0.2) is 14.5 Å². The van der Waals surface area contributed by atoms with Crippen molar-refractivity contribution < 1.29 is 36.2 Å². The Hall–Kier alpha value is -4.55. The first-order valence-corrected chi connectivity index (χ1v) is 11.1. The average Bonchev–Trinajstić information content (AvgIpc) is 3.34. The molecule has 0 radical (unpaired) electrons. The van der Waals surface area contributed by atoms with Gasteiger partial charge in [-0.1, -0.05) is 6.07 Å². The minimum atomic E-state index is -4.56. The lowest BCUT2D eigenvalue weighted by Crippen LogP contribution is -2.19. The maximum Gasteiger partial charge on any atom is 0.433 e. The predicted octanol–water partition coefficient (Wildman–Crippen LogP) is 6.65. The smallest absolute Gasteiger partial charge is 0.433 e. The van der Waals surface area contributed by atoms with Gasteiger partial charge in [-0.15, -0.1) is 5.10 Å². The first kappa shape index (κ1) is 26.5. The third-order valence-corrected chi connectivity index (χ3v) is 5.11. The second-order valence-corrected chi connectivity index (χ2v) is 8.14. The van der Waals surface area contributed by atoms with Gasteiger partial charge in [0.15, 0.2) is 5.82 Å². The van der Waals surface area contributed by atoms with Gasteiger partial charge >= 0.3 is 18.4 Å². The van der Waals surface area contributed by atoms with E-state index in [1.54, 1.807) is 36.4 Å². The highest BCUT2D eigenvalue weighted by Crippen LogP contribution is 2.29. The molecule has 38 heavy (non-hydrogen) atoms. The third-order valence-electron chi connectivity index (χ3n) is 5.11. The third kappa shape index (κ3) is 6.81. The molecule has 0 saturated carbocycles. The molecule has 13 heteroatoms. The molecule has 1 unspecified atom stereocenters. The van der Waals surface area contributed by atoms with Crippen molar-refractivity contribution in [2.24, 2.45) is 0 Å². The van der Waals surface area contributed by atoms with Gasteiger partial charge in [0, 0.05) is 29.9 Å². The number of pyridine rings is 1. The van der Waals surface area contributed by atoms with Crippen LogP contribution in [0.2, 0.25) is 0 Å². The number of ether oxygens (including phenoxy) is 2. The molecule has 4 aromatic rings. The van der Waals surface area contributed by atoms with Crippen LogP contribution in [0.4, 0.5) is 32.4 Å². The Balaban J connectivity index is 1.35. The summed E-state index contributed by atoms with van der Waals surface area (Å²) < 4.78 is 75.1. The maximum absolute atomic E-state index is 13.0. The van der Waals surface area contributed by atoms with Gasteiger partial charge in [0.1, 0.15) is 23.9 Å². The highest BCUT2D eigenvalue weighted by atomic mass is 19.4. The normalized spacial score (nSPS) is 12.6. The number of halogens is 5. The van der Waals surface area contributed by atoms with Crippen LogP contribution in [-0.2, 0) is 10.9 Å². The molecule has 8 nitrogen and oxygen atoms in total. The lowest BCUT2D eigenvalue weighted by Gasteiger charge is -2.15. The van der Waals surface area contributed by atoms with Crippen LogP contribution < -0.4 is 10.1 Å². The van der Waals surface area contributed by atoms with Crippen LogP contribution in [0.25, 0.3) is 17.1 Å². The van der Waals surface area contributed by atoms with E-state index in [1.165, 1.54) is 36.1 Å². The maximum atomic E-state index is 13.0. The van der Waals surface area contributed by atoms with Crippen LogP contribution in [0.3, 0.4) is 0 Å². The van der Waals surface area contributed by atoms with Crippen molar-refractivity contribution in [3.05, 3.63) is 84.4 Å². The van der Waals surface area contributed by atoms with Gasteiger partial charge in [0.05, 0.1) is 5.69 Å².